The summed E-state index contributed by atoms with van der Waals surface area (Å²) in [5.74, 6) is 0.524. The smallest absolute Gasteiger partial charge is 0.225 e. The van der Waals surface area contributed by atoms with Crippen LogP contribution in [0.3, 0.4) is 0 Å². The molecule has 0 saturated heterocycles. The second-order valence-electron chi connectivity index (χ2n) is 4.32. The third-order valence-corrected chi connectivity index (χ3v) is 2.95. The average molecular weight is 265 g/mol. The van der Waals surface area contributed by atoms with Crippen molar-refractivity contribution in [3.8, 4) is 17.2 Å². The van der Waals surface area contributed by atoms with Crippen LogP contribution in [0.1, 0.15) is 0 Å². The molecule has 0 N–H and O–H groups in total. The number of hydrogen-bond donors (Lipinski definition) is 0. The van der Waals surface area contributed by atoms with Crippen molar-refractivity contribution < 1.29 is 4.42 Å². The van der Waals surface area contributed by atoms with E-state index in [1.54, 1.807) is 24.3 Å². The topological polar surface area (TPSA) is 78.8 Å². The van der Waals surface area contributed by atoms with Gasteiger partial charge >= 0.3 is 0 Å². The van der Waals surface area contributed by atoms with Crippen molar-refractivity contribution in [2.24, 2.45) is 0 Å². The van der Waals surface area contributed by atoms with Crippen LogP contribution < -0.4 is 4.90 Å². The van der Waals surface area contributed by atoms with E-state index >= 15 is 0 Å². The lowest BCUT2D eigenvalue weighted by atomic mass is 10.1. The standard InChI is InChI=1S/C14H11N5O/c1-19(5-4-15)14-16-7-11(8-17-14)10-2-3-12-13(6-10)20-9-18-12/h2-3,6-9H,5H2,1H3. The van der Waals surface area contributed by atoms with E-state index < -0.39 is 0 Å². The van der Waals surface area contributed by atoms with Crippen LogP contribution in [0.5, 0.6) is 0 Å². The van der Waals surface area contributed by atoms with Gasteiger partial charge in [0.1, 0.15) is 12.1 Å². The predicted octanol–water partition coefficient (Wildman–Crippen LogP) is 2.24. The number of oxazole rings is 1. The molecular weight excluding hydrogens is 254 g/mol. The highest BCUT2D eigenvalue weighted by atomic mass is 16.3. The van der Waals surface area contributed by atoms with E-state index in [0.29, 0.717) is 5.95 Å². The lowest BCUT2D eigenvalue weighted by Crippen LogP contribution is -2.19. The van der Waals surface area contributed by atoms with Gasteiger partial charge in [0.05, 0.1) is 6.07 Å². The molecule has 0 fully saturated rings. The Balaban J connectivity index is 1.92. The molecule has 0 aliphatic heterocycles. The molecule has 6 heteroatoms. The minimum Gasteiger partial charge on any atom is -0.443 e. The quantitative estimate of drug-likeness (QED) is 0.676. The first-order valence-corrected chi connectivity index (χ1v) is 6.01. The number of anilines is 1. The van der Waals surface area contributed by atoms with Crippen LogP contribution >= 0.6 is 0 Å². The van der Waals surface area contributed by atoms with Crippen molar-refractivity contribution in [3.05, 3.63) is 37.0 Å². The number of nitrogens with zero attached hydrogens (tertiary/aromatic N) is 5. The lowest BCUT2D eigenvalue weighted by molar-refractivity contribution is 0.602. The maximum absolute atomic E-state index is 8.65. The lowest BCUT2D eigenvalue weighted by Gasteiger charge is -2.12. The molecule has 0 amide bonds. The summed E-state index contributed by atoms with van der Waals surface area (Å²) in [6.07, 6.45) is 4.88. The number of benzene rings is 1. The first-order chi connectivity index (χ1) is 9.78. The minimum atomic E-state index is 0.253. The summed E-state index contributed by atoms with van der Waals surface area (Å²) in [4.78, 5) is 14.3. The number of hydrogen-bond acceptors (Lipinski definition) is 6. The van der Waals surface area contributed by atoms with Gasteiger partial charge in [-0.3, -0.25) is 0 Å². The highest BCUT2D eigenvalue weighted by Gasteiger charge is 2.06. The van der Waals surface area contributed by atoms with E-state index in [1.807, 2.05) is 18.2 Å². The molecular formula is C14H11N5O. The van der Waals surface area contributed by atoms with Gasteiger partial charge in [-0.25, -0.2) is 15.0 Å². The summed E-state index contributed by atoms with van der Waals surface area (Å²) in [5, 5.41) is 8.65. The van der Waals surface area contributed by atoms with Crippen molar-refractivity contribution in [3.63, 3.8) is 0 Å². The van der Waals surface area contributed by atoms with E-state index in [2.05, 4.69) is 21.0 Å². The van der Waals surface area contributed by atoms with Crippen molar-refractivity contribution in [2.75, 3.05) is 18.5 Å². The molecule has 98 valence electrons. The summed E-state index contributed by atoms with van der Waals surface area (Å²) >= 11 is 0. The second kappa shape index (κ2) is 4.97. The van der Waals surface area contributed by atoms with E-state index in [-0.39, 0.29) is 6.54 Å². The highest BCUT2D eigenvalue weighted by Crippen LogP contribution is 2.23. The fraction of sp³-hybridized carbons (Fsp3) is 0.143. The summed E-state index contributed by atoms with van der Waals surface area (Å²) in [7, 11) is 1.78. The molecule has 6 nitrogen and oxygen atoms in total. The van der Waals surface area contributed by atoms with E-state index in [4.69, 9.17) is 9.68 Å². The fourth-order valence-electron chi connectivity index (χ4n) is 1.88. The average Bonchev–Trinajstić information content (AvgIpc) is 2.95. The zero-order valence-electron chi connectivity index (χ0n) is 10.8. The van der Waals surface area contributed by atoms with Crippen LogP contribution in [0.15, 0.2) is 41.4 Å². The molecule has 0 aliphatic rings. The molecule has 3 aromatic rings. The molecule has 3 rings (SSSR count). The Morgan fingerprint density at radius 1 is 1.20 bits per heavy atom. The van der Waals surface area contributed by atoms with Gasteiger partial charge in [0.25, 0.3) is 0 Å². The highest BCUT2D eigenvalue weighted by molar-refractivity contribution is 5.79. The molecule has 2 aromatic heterocycles. The van der Waals surface area contributed by atoms with Crippen LogP contribution in [0.4, 0.5) is 5.95 Å². The van der Waals surface area contributed by atoms with Crippen LogP contribution in [0.25, 0.3) is 22.2 Å². The Bertz CT molecular complexity index is 772. The zero-order valence-corrected chi connectivity index (χ0v) is 10.8. The maximum atomic E-state index is 8.65. The third kappa shape index (κ3) is 2.17. The van der Waals surface area contributed by atoms with E-state index in [9.17, 15) is 0 Å². The Morgan fingerprint density at radius 3 is 2.75 bits per heavy atom. The van der Waals surface area contributed by atoms with Crippen molar-refractivity contribution in [1.29, 1.82) is 5.26 Å². The van der Waals surface area contributed by atoms with Crippen LogP contribution in [0.2, 0.25) is 0 Å². The fourth-order valence-corrected chi connectivity index (χ4v) is 1.88. The van der Waals surface area contributed by atoms with Crippen molar-refractivity contribution >= 4 is 17.0 Å². The molecule has 2 heterocycles. The molecule has 0 saturated carbocycles. The molecule has 0 bridgehead atoms. The number of fused-ring (bicyclic) bond motifs is 1. The van der Waals surface area contributed by atoms with Gasteiger partial charge in [-0.1, -0.05) is 6.07 Å². The normalized spacial score (nSPS) is 10.4. The Kier molecular flexibility index (Phi) is 3.01. The summed E-state index contributed by atoms with van der Waals surface area (Å²) < 4.78 is 5.28. The van der Waals surface area contributed by atoms with E-state index in [0.717, 1.165) is 22.2 Å². The molecule has 0 spiro atoms. The molecule has 0 unspecified atom stereocenters. The molecule has 1 aromatic carbocycles. The third-order valence-electron chi connectivity index (χ3n) is 2.95. The maximum Gasteiger partial charge on any atom is 0.225 e. The Labute approximate surface area is 115 Å². The van der Waals surface area contributed by atoms with Crippen molar-refractivity contribution in [1.82, 2.24) is 15.0 Å². The summed E-state index contributed by atoms with van der Waals surface area (Å²) in [6.45, 7) is 0.253. The number of nitriles is 1. The van der Waals surface area contributed by atoms with Crippen LogP contribution in [-0.2, 0) is 0 Å². The monoisotopic (exact) mass is 265 g/mol. The molecule has 0 aliphatic carbocycles. The number of rotatable bonds is 3. The second-order valence-corrected chi connectivity index (χ2v) is 4.32. The first-order valence-electron chi connectivity index (χ1n) is 6.01. The van der Waals surface area contributed by atoms with Gasteiger partial charge in [0, 0.05) is 25.0 Å². The first kappa shape index (κ1) is 12.1. The minimum absolute atomic E-state index is 0.253. The van der Waals surface area contributed by atoms with Gasteiger partial charge < -0.3 is 9.32 Å². The Hall–Kier alpha value is -2.94. The van der Waals surface area contributed by atoms with E-state index in [1.165, 1.54) is 6.39 Å². The zero-order chi connectivity index (χ0) is 13.9. The van der Waals surface area contributed by atoms with Gasteiger partial charge in [0.2, 0.25) is 5.95 Å². The van der Waals surface area contributed by atoms with Crippen molar-refractivity contribution in [2.45, 2.75) is 0 Å². The summed E-state index contributed by atoms with van der Waals surface area (Å²) in [5.41, 5.74) is 3.40. The molecule has 0 atom stereocenters. The Morgan fingerprint density at radius 2 is 2.00 bits per heavy atom. The van der Waals surface area contributed by atoms with Crippen LogP contribution in [-0.4, -0.2) is 28.5 Å². The largest absolute Gasteiger partial charge is 0.443 e. The predicted molar refractivity (Wildman–Crippen MR) is 73.9 cm³/mol. The molecule has 0 radical (unpaired) electrons. The van der Waals surface area contributed by atoms with Gasteiger partial charge in [-0.05, 0) is 17.7 Å². The van der Waals surface area contributed by atoms with Crippen LogP contribution in [0, 0.1) is 11.3 Å². The van der Waals surface area contributed by atoms with Gasteiger partial charge in [-0.2, -0.15) is 5.26 Å². The molecule has 20 heavy (non-hydrogen) atoms. The summed E-state index contributed by atoms with van der Waals surface area (Å²) in [6, 6.07) is 7.80. The SMILES string of the molecule is CN(CC#N)c1ncc(-c2ccc3ncoc3c2)cn1. The van der Waals surface area contributed by atoms with Gasteiger partial charge in [0.15, 0.2) is 12.0 Å². The number of aromatic nitrogens is 3. The van der Waals surface area contributed by atoms with Gasteiger partial charge in [-0.15, -0.1) is 0 Å².